The molecule has 0 bridgehead atoms. The summed E-state index contributed by atoms with van der Waals surface area (Å²) in [5, 5.41) is 20.3. The van der Waals surface area contributed by atoms with E-state index in [-0.39, 0.29) is 11.5 Å². The molecule has 0 aliphatic rings. The third-order valence-electron chi connectivity index (χ3n) is 2.79. The van der Waals surface area contributed by atoms with E-state index >= 15 is 0 Å². The van der Waals surface area contributed by atoms with E-state index in [0.29, 0.717) is 17.4 Å². The summed E-state index contributed by atoms with van der Waals surface area (Å²) >= 11 is 0. The van der Waals surface area contributed by atoms with Crippen molar-refractivity contribution in [1.82, 2.24) is 0 Å². The second-order valence-corrected chi connectivity index (χ2v) is 3.90. The van der Waals surface area contributed by atoms with E-state index in [2.05, 4.69) is 0 Å². The molecule has 2 nitrogen and oxygen atoms in total. The Balaban J connectivity index is 0.000000771. The summed E-state index contributed by atoms with van der Waals surface area (Å²) in [6, 6.07) is 4.47. The number of hydrogen-bond donors (Lipinski definition) is 2. The third-order valence-corrected chi connectivity index (χ3v) is 2.79. The number of phenolic OH excluding ortho intramolecular Hbond substituents is 2. The Morgan fingerprint density at radius 2 is 1.72 bits per heavy atom. The van der Waals surface area contributed by atoms with Crippen molar-refractivity contribution in [2.75, 3.05) is 0 Å². The van der Waals surface area contributed by atoms with Crippen molar-refractivity contribution < 1.29 is 14.6 Å². The first kappa shape index (κ1) is 14.3. The van der Waals surface area contributed by atoms with Crippen LogP contribution in [0.3, 0.4) is 0 Å². The lowest BCUT2D eigenvalue weighted by atomic mass is 9.97. The van der Waals surface area contributed by atoms with Gasteiger partial charge in [-0.3, -0.25) is 0 Å². The summed E-state index contributed by atoms with van der Waals surface area (Å²) in [5.74, 6) is -0.809. The molecule has 0 fully saturated rings. The van der Waals surface area contributed by atoms with Crippen molar-refractivity contribution >= 4 is 10.8 Å². The van der Waals surface area contributed by atoms with E-state index in [1.54, 1.807) is 6.07 Å². The fourth-order valence-corrected chi connectivity index (χ4v) is 2.13. The molecule has 0 aliphatic carbocycles. The summed E-state index contributed by atoms with van der Waals surface area (Å²) in [4.78, 5) is 0. The quantitative estimate of drug-likeness (QED) is 0.792. The zero-order chi connectivity index (χ0) is 13.9. The van der Waals surface area contributed by atoms with Crippen LogP contribution in [0.4, 0.5) is 4.39 Å². The van der Waals surface area contributed by atoms with Gasteiger partial charge in [0.1, 0.15) is 5.75 Å². The van der Waals surface area contributed by atoms with Gasteiger partial charge in [0.05, 0.1) is 0 Å². The Bertz CT molecular complexity index is 562. The summed E-state index contributed by atoms with van der Waals surface area (Å²) in [6.45, 7) is 7.65. The van der Waals surface area contributed by atoms with Gasteiger partial charge in [-0.05, 0) is 53.4 Å². The standard InChI is InChI=1S/C13H13FO2.C2H6/c1-3-10-12-7(2)4-9(15)5-8(12)6-11(16)13(10)14;1-2/h4-6,15-16H,3H2,1-2H3;1-2H3. The number of fused-ring (bicyclic) bond motifs is 1. The van der Waals surface area contributed by atoms with Crippen LogP contribution in [0.5, 0.6) is 11.5 Å². The van der Waals surface area contributed by atoms with Crippen LogP contribution in [0.25, 0.3) is 10.8 Å². The first-order valence-electron chi connectivity index (χ1n) is 6.18. The second-order valence-electron chi connectivity index (χ2n) is 3.90. The summed E-state index contributed by atoms with van der Waals surface area (Å²) in [5.41, 5.74) is 1.30. The molecular weight excluding hydrogens is 231 g/mol. The molecule has 2 rings (SSSR count). The van der Waals surface area contributed by atoms with Crippen LogP contribution in [-0.2, 0) is 6.42 Å². The maximum atomic E-state index is 13.7. The third kappa shape index (κ3) is 2.40. The van der Waals surface area contributed by atoms with Gasteiger partial charge in [-0.2, -0.15) is 0 Å². The summed E-state index contributed by atoms with van der Waals surface area (Å²) in [6.07, 6.45) is 0.502. The SMILES string of the molecule is CC.CCc1c(F)c(O)cc2cc(O)cc(C)c12. The lowest BCUT2D eigenvalue weighted by molar-refractivity contribution is 0.430. The first-order valence-corrected chi connectivity index (χ1v) is 6.18. The lowest BCUT2D eigenvalue weighted by Crippen LogP contribution is -1.93. The summed E-state index contributed by atoms with van der Waals surface area (Å²) < 4.78 is 13.7. The number of benzene rings is 2. The molecule has 0 heterocycles. The molecule has 3 heteroatoms. The second kappa shape index (κ2) is 5.71. The molecule has 0 aliphatic heterocycles. The highest BCUT2D eigenvalue weighted by Crippen LogP contribution is 2.33. The van der Waals surface area contributed by atoms with Gasteiger partial charge in [0, 0.05) is 0 Å². The van der Waals surface area contributed by atoms with Crippen molar-refractivity contribution in [2.45, 2.75) is 34.1 Å². The first-order chi connectivity index (χ1) is 8.54. The fourth-order valence-electron chi connectivity index (χ4n) is 2.13. The van der Waals surface area contributed by atoms with Crippen LogP contribution < -0.4 is 0 Å². The van der Waals surface area contributed by atoms with Crippen LogP contribution in [0.15, 0.2) is 18.2 Å². The van der Waals surface area contributed by atoms with E-state index in [0.717, 1.165) is 10.9 Å². The molecule has 0 saturated carbocycles. The van der Waals surface area contributed by atoms with Crippen molar-refractivity contribution in [2.24, 2.45) is 0 Å². The molecule has 0 atom stereocenters. The average Bonchev–Trinajstić information content (AvgIpc) is 2.34. The maximum Gasteiger partial charge on any atom is 0.168 e. The molecule has 0 unspecified atom stereocenters. The number of hydrogen-bond acceptors (Lipinski definition) is 2. The highest BCUT2D eigenvalue weighted by atomic mass is 19.1. The van der Waals surface area contributed by atoms with Gasteiger partial charge in [0.2, 0.25) is 0 Å². The van der Waals surface area contributed by atoms with Gasteiger partial charge in [-0.25, -0.2) is 4.39 Å². The smallest absolute Gasteiger partial charge is 0.168 e. The minimum atomic E-state index is -0.566. The van der Waals surface area contributed by atoms with Gasteiger partial charge in [0.25, 0.3) is 0 Å². The number of phenols is 2. The topological polar surface area (TPSA) is 40.5 Å². The van der Waals surface area contributed by atoms with Crippen molar-refractivity contribution in [3.8, 4) is 11.5 Å². The monoisotopic (exact) mass is 250 g/mol. The molecule has 2 aromatic rings. The van der Waals surface area contributed by atoms with Crippen LogP contribution in [0.2, 0.25) is 0 Å². The Labute approximate surface area is 107 Å². The Kier molecular flexibility index (Phi) is 4.54. The van der Waals surface area contributed by atoms with Gasteiger partial charge < -0.3 is 10.2 Å². The van der Waals surface area contributed by atoms with E-state index in [9.17, 15) is 14.6 Å². The minimum absolute atomic E-state index is 0.123. The Morgan fingerprint density at radius 1 is 1.11 bits per heavy atom. The lowest BCUT2D eigenvalue weighted by Gasteiger charge is -2.11. The van der Waals surface area contributed by atoms with Crippen LogP contribution in [0, 0.1) is 12.7 Å². The number of aromatic hydroxyl groups is 2. The van der Waals surface area contributed by atoms with Crippen molar-refractivity contribution in [3.63, 3.8) is 0 Å². The molecule has 0 aromatic heterocycles. The summed E-state index contributed by atoms with van der Waals surface area (Å²) in [7, 11) is 0. The molecule has 0 spiro atoms. The van der Waals surface area contributed by atoms with E-state index in [1.165, 1.54) is 12.1 Å². The van der Waals surface area contributed by atoms with Crippen molar-refractivity contribution in [1.29, 1.82) is 0 Å². The highest BCUT2D eigenvalue weighted by molar-refractivity contribution is 5.91. The molecule has 0 saturated heterocycles. The minimum Gasteiger partial charge on any atom is -0.508 e. The van der Waals surface area contributed by atoms with Crippen LogP contribution in [-0.4, -0.2) is 10.2 Å². The number of aryl methyl sites for hydroxylation is 2. The molecule has 18 heavy (non-hydrogen) atoms. The molecule has 2 aromatic carbocycles. The van der Waals surface area contributed by atoms with Gasteiger partial charge >= 0.3 is 0 Å². The molecule has 0 radical (unpaired) electrons. The van der Waals surface area contributed by atoms with Crippen molar-refractivity contribution in [3.05, 3.63) is 35.1 Å². The van der Waals surface area contributed by atoms with Crippen LogP contribution >= 0.6 is 0 Å². The highest BCUT2D eigenvalue weighted by Gasteiger charge is 2.13. The molecule has 0 amide bonds. The van der Waals surface area contributed by atoms with Gasteiger partial charge in [-0.1, -0.05) is 20.8 Å². The number of halogens is 1. The van der Waals surface area contributed by atoms with E-state index in [4.69, 9.17) is 0 Å². The van der Waals surface area contributed by atoms with E-state index in [1.807, 2.05) is 27.7 Å². The van der Waals surface area contributed by atoms with Gasteiger partial charge in [-0.15, -0.1) is 0 Å². The predicted octanol–water partition coefficient (Wildman–Crippen LogP) is 4.29. The van der Waals surface area contributed by atoms with Gasteiger partial charge in [0.15, 0.2) is 11.6 Å². The fraction of sp³-hybridized carbons (Fsp3) is 0.333. The molecule has 98 valence electrons. The average molecular weight is 250 g/mol. The Morgan fingerprint density at radius 3 is 2.28 bits per heavy atom. The van der Waals surface area contributed by atoms with E-state index < -0.39 is 5.82 Å². The molecular formula is C15H19FO2. The number of rotatable bonds is 1. The maximum absolute atomic E-state index is 13.7. The normalized spacial score (nSPS) is 10.1. The molecule has 2 N–H and O–H groups in total. The Hall–Kier alpha value is -1.77. The largest absolute Gasteiger partial charge is 0.508 e. The van der Waals surface area contributed by atoms with Crippen LogP contribution in [0.1, 0.15) is 31.9 Å². The zero-order valence-corrected chi connectivity index (χ0v) is 11.2. The predicted molar refractivity (Wildman–Crippen MR) is 72.7 cm³/mol. The zero-order valence-electron chi connectivity index (χ0n) is 11.2.